The second kappa shape index (κ2) is 5.40. The van der Waals surface area contributed by atoms with E-state index < -0.39 is 17.4 Å². The first-order valence-corrected chi connectivity index (χ1v) is 6.17. The van der Waals surface area contributed by atoms with Crippen LogP contribution in [0, 0.1) is 5.41 Å². The maximum atomic E-state index is 11.9. The van der Waals surface area contributed by atoms with Gasteiger partial charge in [-0.2, -0.15) is 0 Å². The SMILES string of the molecule is O=C(OCCl)C1(C(=O)OCc2ccccc2)CC1. The Labute approximate surface area is 110 Å². The van der Waals surface area contributed by atoms with Gasteiger partial charge in [-0.1, -0.05) is 41.9 Å². The number of alkyl halides is 1. The number of halogens is 1. The van der Waals surface area contributed by atoms with Crippen molar-refractivity contribution < 1.29 is 19.1 Å². The Kier molecular flexibility index (Phi) is 3.87. The molecule has 1 aliphatic carbocycles. The van der Waals surface area contributed by atoms with Gasteiger partial charge in [0.15, 0.2) is 11.5 Å². The van der Waals surface area contributed by atoms with Gasteiger partial charge in [-0.15, -0.1) is 0 Å². The topological polar surface area (TPSA) is 52.6 Å². The summed E-state index contributed by atoms with van der Waals surface area (Å²) in [6.45, 7) is 0.162. The van der Waals surface area contributed by atoms with Crippen molar-refractivity contribution in [3.05, 3.63) is 35.9 Å². The number of esters is 2. The molecule has 5 heteroatoms. The summed E-state index contributed by atoms with van der Waals surface area (Å²) in [6, 6.07) is 9.06. The first kappa shape index (κ1) is 12.9. The molecule has 0 amide bonds. The van der Waals surface area contributed by atoms with Crippen molar-refractivity contribution in [2.45, 2.75) is 19.4 Å². The molecular formula is C13H13ClO4. The van der Waals surface area contributed by atoms with Crippen LogP contribution in [-0.4, -0.2) is 18.0 Å². The average molecular weight is 269 g/mol. The molecule has 0 aliphatic heterocycles. The number of carbonyl (C=O) groups is 2. The fourth-order valence-electron chi connectivity index (χ4n) is 1.67. The minimum Gasteiger partial charge on any atom is -0.460 e. The van der Waals surface area contributed by atoms with Gasteiger partial charge in [-0.25, -0.2) is 0 Å². The van der Waals surface area contributed by atoms with E-state index in [2.05, 4.69) is 4.74 Å². The van der Waals surface area contributed by atoms with Crippen molar-refractivity contribution in [2.24, 2.45) is 5.41 Å². The van der Waals surface area contributed by atoms with Gasteiger partial charge in [-0.05, 0) is 18.4 Å². The van der Waals surface area contributed by atoms with Crippen molar-refractivity contribution >= 4 is 23.5 Å². The lowest BCUT2D eigenvalue weighted by atomic mass is 10.1. The lowest BCUT2D eigenvalue weighted by Gasteiger charge is -2.12. The Morgan fingerprint density at radius 1 is 1.11 bits per heavy atom. The van der Waals surface area contributed by atoms with Crippen molar-refractivity contribution in [2.75, 3.05) is 6.07 Å². The van der Waals surface area contributed by atoms with Crippen LogP contribution in [0.25, 0.3) is 0 Å². The fraction of sp³-hybridized carbons (Fsp3) is 0.385. The van der Waals surface area contributed by atoms with Crippen molar-refractivity contribution in [3.8, 4) is 0 Å². The Hall–Kier alpha value is -1.55. The molecule has 0 atom stereocenters. The van der Waals surface area contributed by atoms with Crippen LogP contribution in [0.5, 0.6) is 0 Å². The summed E-state index contributed by atoms with van der Waals surface area (Å²) in [5, 5.41) is 0. The van der Waals surface area contributed by atoms with Gasteiger partial charge in [0, 0.05) is 0 Å². The van der Waals surface area contributed by atoms with E-state index >= 15 is 0 Å². The third-order valence-electron chi connectivity index (χ3n) is 2.93. The van der Waals surface area contributed by atoms with Crippen LogP contribution in [0.4, 0.5) is 0 Å². The Bertz CT molecular complexity index is 440. The van der Waals surface area contributed by atoms with Gasteiger partial charge >= 0.3 is 11.9 Å². The van der Waals surface area contributed by atoms with Crippen LogP contribution >= 0.6 is 11.6 Å². The molecule has 96 valence electrons. The number of hydrogen-bond donors (Lipinski definition) is 0. The highest BCUT2D eigenvalue weighted by Crippen LogP contribution is 2.48. The average Bonchev–Trinajstić information content (AvgIpc) is 3.19. The third kappa shape index (κ3) is 2.64. The van der Waals surface area contributed by atoms with Gasteiger partial charge in [-0.3, -0.25) is 9.59 Å². The molecule has 4 nitrogen and oxygen atoms in total. The summed E-state index contributed by atoms with van der Waals surface area (Å²) in [5.74, 6) is -1.11. The predicted octanol–water partition coefficient (Wildman–Crippen LogP) is 2.25. The molecule has 1 fully saturated rings. The highest BCUT2D eigenvalue weighted by atomic mass is 35.5. The highest BCUT2D eigenvalue weighted by Gasteiger charge is 2.59. The van der Waals surface area contributed by atoms with Gasteiger partial charge in [0.25, 0.3) is 0 Å². The van der Waals surface area contributed by atoms with Crippen LogP contribution in [0.1, 0.15) is 18.4 Å². The number of ether oxygens (including phenoxy) is 2. The molecule has 2 rings (SSSR count). The monoisotopic (exact) mass is 268 g/mol. The molecular weight excluding hydrogens is 256 g/mol. The van der Waals surface area contributed by atoms with E-state index in [0.717, 1.165) is 5.56 Å². The zero-order valence-electron chi connectivity index (χ0n) is 9.73. The van der Waals surface area contributed by atoms with Crippen LogP contribution in [0.3, 0.4) is 0 Å². The molecule has 1 aliphatic rings. The molecule has 0 saturated heterocycles. The summed E-state index contributed by atoms with van der Waals surface area (Å²) in [4.78, 5) is 23.4. The second-order valence-electron chi connectivity index (χ2n) is 4.18. The Morgan fingerprint density at radius 3 is 2.28 bits per heavy atom. The quantitative estimate of drug-likeness (QED) is 0.467. The zero-order valence-corrected chi connectivity index (χ0v) is 10.5. The standard InChI is InChI=1S/C13H13ClO4/c14-9-18-12(16)13(6-7-13)11(15)17-8-10-4-2-1-3-5-10/h1-5H,6-9H2. The number of benzene rings is 1. The summed E-state index contributed by atoms with van der Waals surface area (Å²) >= 11 is 5.31. The van der Waals surface area contributed by atoms with Crippen LogP contribution in [0.15, 0.2) is 30.3 Å². The maximum absolute atomic E-state index is 11.9. The molecule has 0 bridgehead atoms. The van der Waals surface area contributed by atoms with Gasteiger partial charge < -0.3 is 9.47 Å². The first-order valence-electron chi connectivity index (χ1n) is 5.63. The fourth-order valence-corrected chi connectivity index (χ4v) is 1.76. The predicted molar refractivity (Wildman–Crippen MR) is 64.7 cm³/mol. The van der Waals surface area contributed by atoms with Crippen molar-refractivity contribution in [1.29, 1.82) is 0 Å². The number of carbonyl (C=O) groups excluding carboxylic acids is 2. The van der Waals surface area contributed by atoms with E-state index in [4.69, 9.17) is 16.3 Å². The van der Waals surface area contributed by atoms with E-state index in [1.807, 2.05) is 30.3 Å². The van der Waals surface area contributed by atoms with Gasteiger partial charge in [0.1, 0.15) is 6.61 Å². The maximum Gasteiger partial charge on any atom is 0.324 e. The van der Waals surface area contributed by atoms with E-state index in [1.165, 1.54) is 0 Å². The van der Waals surface area contributed by atoms with Crippen molar-refractivity contribution in [1.82, 2.24) is 0 Å². The zero-order chi connectivity index (χ0) is 13.0. The highest BCUT2D eigenvalue weighted by molar-refractivity contribution is 6.18. The minimum atomic E-state index is -1.11. The molecule has 18 heavy (non-hydrogen) atoms. The number of hydrogen-bond acceptors (Lipinski definition) is 4. The summed E-state index contributed by atoms with van der Waals surface area (Å²) in [6.07, 6.45) is 0.937. The van der Waals surface area contributed by atoms with Crippen LogP contribution in [0.2, 0.25) is 0 Å². The van der Waals surface area contributed by atoms with Crippen LogP contribution in [-0.2, 0) is 25.7 Å². The third-order valence-corrected chi connectivity index (χ3v) is 3.04. The van der Waals surface area contributed by atoms with Crippen molar-refractivity contribution in [3.63, 3.8) is 0 Å². The van der Waals surface area contributed by atoms with E-state index in [-0.39, 0.29) is 12.7 Å². The molecule has 0 aromatic heterocycles. The van der Waals surface area contributed by atoms with E-state index in [0.29, 0.717) is 12.8 Å². The molecule has 0 spiro atoms. The normalized spacial score (nSPS) is 15.8. The summed E-state index contributed by atoms with van der Waals surface area (Å²) in [5.41, 5.74) is -0.226. The van der Waals surface area contributed by atoms with E-state index in [1.54, 1.807) is 0 Å². The molecule has 1 aromatic carbocycles. The van der Waals surface area contributed by atoms with Crippen LogP contribution < -0.4 is 0 Å². The lowest BCUT2D eigenvalue weighted by molar-refractivity contribution is -0.164. The molecule has 0 N–H and O–H groups in total. The molecule has 1 aromatic rings. The second-order valence-corrected chi connectivity index (χ2v) is 4.40. The molecule has 0 heterocycles. The molecule has 1 saturated carbocycles. The minimum absolute atomic E-state index is 0.162. The van der Waals surface area contributed by atoms with Gasteiger partial charge in [0.2, 0.25) is 0 Å². The van der Waals surface area contributed by atoms with E-state index in [9.17, 15) is 9.59 Å². The summed E-state index contributed by atoms with van der Waals surface area (Å²) < 4.78 is 9.81. The smallest absolute Gasteiger partial charge is 0.324 e. The van der Waals surface area contributed by atoms with Gasteiger partial charge in [0.05, 0.1) is 0 Å². The molecule has 0 radical (unpaired) electrons. The molecule has 0 unspecified atom stereocenters. The Morgan fingerprint density at radius 2 is 1.72 bits per heavy atom. The lowest BCUT2D eigenvalue weighted by Crippen LogP contribution is -2.29. The largest absolute Gasteiger partial charge is 0.460 e. The summed E-state index contributed by atoms with van der Waals surface area (Å²) in [7, 11) is 0. The number of rotatable bonds is 5. The Balaban J connectivity index is 1.91. The first-order chi connectivity index (χ1) is 8.69.